The number of aryl methyl sites for hydroxylation is 1. The lowest BCUT2D eigenvalue weighted by Crippen LogP contribution is -2.40. The molecule has 2 nitrogen and oxygen atoms in total. The summed E-state index contributed by atoms with van der Waals surface area (Å²) in [4.78, 5) is 12.9. The number of halogens is 5. The van der Waals surface area contributed by atoms with E-state index in [0.29, 0.717) is 4.47 Å². The van der Waals surface area contributed by atoms with Crippen LogP contribution in [-0.2, 0) is 0 Å². The fourth-order valence-corrected chi connectivity index (χ4v) is 2.39. The first-order valence-corrected chi connectivity index (χ1v) is 7.34. The Hall–Kier alpha value is -0.560. The molecule has 0 aliphatic heterocycles. The Kier molecular flexibility index (Phi) is 5.85. The van der Waals surface area contributed by atoms with Crippen LogP contribution in [0.1, 0.15) is 15.9 Å². The molecule has 0 fully saturated rings. The Morgan fingerprint density at radius 3 is 2.53 bits per heavy atom. The monoisotopic (exact) mass is 401 g/mol. The zero-order chi connectivity index (χ0) is 14.6. The van der Waals surface area contributed by atoms with E-state index in [4.69, 9.17) is 0 Å². The van der Waals surface area contributed by atoms with Gasteiger partial charge in [0.1, 0.15) is 6.54 Å². The summed E-state index contributed by atoms with van der Waals surface area (Å²) in [7, 11) is 0. The molecule has 0 radical (unpaired) electrons. The topological polar surface area (TPSA) is 20.3 Å². The molecule has 0 atom stereocenters. The van der Waals surface area contributed by atoms with E-state index in [9.17, 15) is 18.0 Å². The smallest absolute Gasteiger partial charge is 0.329 e. The number of rotatable bonds is 4. The van der Waals surface area contributed by atoms with Gasteiger partial charge in [-0.1, -0.05) is 27.6 Å². The second kappa shape index (κ2) is 6.74. The van der Waals surface area contributed by atoms with Gasteiger partial charge in [-0.15, -0.1) is 0 Å². The third-order valence-electron chi connectivity index (χ3n) is 2.36. The summed E-state index contributed by atoms with van der Waals surface area (Å²) in [6.07, 6.45) is -4.41. The van der Waals surface area contributed by atoms with Crippen molar-refractivity contribution in [1.82, 2.24) is 4.90 Å². The van der Waals surface area contributed by atoms with Crippen LogP contribution in [0.2, 0.25) is 0 Å². The van der Waals surface area contributed by atoms with E-state index in [1.165, 1.54) is 0 Å². The first-order valence-electron chi connectivity index (χ1n) is 5.42. The summed E-state index contributed by atoms with van der Waals surface area (Å²) in [5.74, 6) is -0.632. The van der Waals surface area contributed by atoms with Gasteiger partial charge < -0.3 is 4.90 Å². The van der Waals surface area contributed by atoms with Gasteiger partial charge in [-0.25, -0.2) is 0 Å². The lowest BCUT2D eigenvalue weighted by Gasteiger charge is -2.23. The van der Waals surface area contributed by atoms with Gasteiger partial charge >= 0.3 is 6.18 Å². The minimum atomic E-state index is -4.41. The molecule has 0 aliphatic rings. The summed E-state index contributed by atoms with van der Waals surface area (Å²) < 4.78 is 37.9. The van der Waals surface area contributed by atoms with E-state index < -0.39 is 18.6 Å². The van der Waals surface area contributed by atoms with E-state index in [1.807, 2.05) is 0 Å². The van der Waals surface area contributed by atoms with Gasteiger partial charge in [0.05, 0.1) is 5.56 Å². The van der Waals surface area contributed by atoms with Crippen LogP contribution in [-0.4, -0.2) is 35.4 Å². The number of amides is 1. The number of alkyl halides is 4. The predicted octanol–water partition coefficient (Wildman–Crippen LogP) is 4.16. The van der Waals surface area contributed by atoms with Gasteiger partial charge in [-0.3, -0.25) is 4.79 Å². The lowest BCUT2D eigenvalue weighted by atomic mass is 10.1. The Labute approximate surface area is 126 Å². The minimum Gasteiger partial charge on any atom is -0.329 e. The highest BCUT2D eigenvalue weighted by molar-refractivity contribution is 9.10. The number of carbonyl (C=O) groups is 1. The Morgan fingerprint density at radius 1 is 1.37 bits per heavy atom. The number of nitrogens with zero attached hydrogens (tertiary/aromatic N) is 1. The van der Waals surface area contributed by atoms with Crippen molar-refractivity contribution >= 4 is 37.8 Å². The van der Waals surface area contributed by atoms with Crippen LogP contribution < -0.4 is 0 Å². The van der Waals surface area contributed by atoms with Crippen molar-refractivity contribution < 1.29 is 18.0 Å². The van der Waals surface area contributed by atoms with E-state index in [0.717, 1.165) is 10.5 Å². The molecule has 1 amide bonds. The second-order valence-electron chi connectivity index (χ2n) is 4.01. The maximum atomic E-state index is 12.5. The lowest BCUT2D eigenvalue weighted by molar-refractivity contribution is -0.140. The van der Waals surface area contributed by atoms with E-state index in [2.05, 4.69) is 31.9 Å². The first-order chi connectivity index (χ1) is 8.74. The van der Waals surface area contributed by atoms with Crippen molar-refractivity contribution in [2.75, 3.05) is 18.4 Å². The molecule has 106 valence electrons. The van der Waals surface area contributed by atoms with Crippen LogP contribution in [0.5, 0.6) is 0 Å². The van der Waals surface area contributed by atoms with Crippen LogP contribution in [0, 0.1) is 6.92 Å². The van der Waals surface area contributed by atoms with Crippen molar-refractivity contribution in [3.63, 3.8) is 0 Å². The summed E-state index contributed by atoms with van der Waals surface area (Å²) in [5.41, 5.74) is 1.06. The van der Waals surface area contributed by atoms with Crippen LogP contribution in [0.3, 0.4) is 0 Å². The molecule has 0 N–H and O–H groups in total. The molecule has 0 bridgehead atoms. The van der Waals surface area contributed by atoms with Gasteiger partial charge in [0, 0.05) is 16.3 Å². The summed E-state index contributed by atoms with van der Waals surface area (Å²) in [6, 6.07) is 5.01. The van der Waals surface area contributed by atoms with Crippen LogP contribution in [0.25, 0.3) is 0 Å². The van der Waals surface area contributed by atoms with Crippen LogP contribution >= 0.6 is 31.9 Å². The molecule has 0 aromatic heterocycles. The first kappa shape index (κ1) is 16.5. The zero-order valence-electron chi connectivity index (χ0n) is 10.1. The highest BCUT2D eigenvalue weighted by atomic mass is 79.9. The highest BCUT2D eigenvalue weighted by Crippen LogP contribution is 2.23. The van der Waals surface area contributed by atoms with Crippen molar-refractivity contribution in [2.24, 2.45) is 0 Å². The number of benzene rings is 1. The average Bonchev–Trinajstić information content (AvgIpc) is 2.29. The molecular weight excluding hydrogens is 391 g/mol. The van der Waals surface area contributed by atoms with E-state index >= 15 is 0 Å². The largest absolute Gasteiger partial charge is 0.406 e. The molecule has 0 unspecified atom stereocenters. The highest BCUT2D eigenvalue weighted by Gasteiger charge is 2.33. The quantitative estimate of drug-likeness (QED) is 0.692. The minimum absolute atomic E-state index is 0.00126. The third kappa shape index (κ3) is 5.14. The fourth-order valence-electron chi connectivity index (χ4n) is 1.54. The average molecular weight is 403 g/mol. The van der Waals surface area contributed by atoms with Crippen molar-refractivity contribution in [1.29, 1.82) is 0 Å². The summed E-state index contributed by atoms with van der Waals surface area (Å²) >= 11 is 6.25. The molecular formula is C12H12Br2F3NO. The molecule has 7 heteroatoms. The third-order valence-corrected chi connectivity index (χ3v) is 3.41. The fraction of sp³-hybridized carbons (Fsp3) is 0.417. The maximum absolute atomic E-state index is 12.5. The van der Waals surface area contributed by atoms with Crippen LogP contribution in [0.4, 0.5) is 13.2 Å². The number of hydrogen-bond donors (Lipinski definition) is 0. The SMILES string of the molecule is Cc1ccc(Br)c(C(=O)N(CCBr)CC(F)(F)F)c1. The predicted molar refractivity (Wildman–Crippen MR) is 74.6 cm³/mol. The molecule has 0 heterocycles. The van der Waals surface area contributed by atoms with Gasteiger partial charge in [-0.05, 0) is 35.0 Å². The molecule has 1 rings (SSSR count). The van der Waals surface area contributed by atoms with Gasteiger partial charge in [0.25, 0.3) is 5.91 Å². The maximum Gasteiger partial charge on any atom is 0.406 e. The Bertz CT molecular complexity index is 463. The number of hydrogen-bond acceptors (Lipinski definition) is 1. The summed E-state index contributed by atoms with van der Waals surface area (Å²) in [5, 5.41) is 0.290. The zero-order valence-corrected chi connectivity index (χ0v) is 13.3. The second-order valence-corrected chi connectivity index (χ2v) is 5.66. The van der Waals surface area contributed by atoms with Crippen molar-refractivity contribution in [3.8, 4) is 0 Å². The van der Waals surface area contributed by atoms with E-state index in [-0.39, 0.29) is 17.4 Å². The Balaban J connectivity index is 3.02. The molecule has 0 saturated carbocycles. The van der Waals surface area contributed by atoms with Gasteiger partial charge in [-0.2, -0.15) is 13.2 Å². The molecule has 19 heavy (non-hydrogen) atoms. The molecule has 1 aromatic carbocycles. The van der Waals surface area contributed by atoms with Gasteiger partial charge in [0.2, 0.25) is 0 Å². The normalized spacial score (nSPS) is 11.5. The van der Waals surface area contributed by atoms with Crippen LogP contribution in [0.15, 0.2) is 22.7 Å². The molecule has 0 spiro atoms. The molecule has 0 saturated heterocycles. The van der Waals surface area contributed by atoms with E-state index in [1.54, 1.807) is 25.1 Å². The van der Waals surface area contributed by atoms with Crippen molar-refractivity contribution in [3.05, 3.63) is 33.8 Å². The number of carbonyl (C=O) groups excluding carboxylic acids is 1. The standard InChI is InChI=1S/C12H12Br2F3NO/c1-8-2-3-10(14)9(6-8)11(19)18(5-4-13)7-12(15,16)17/h2-3,6H,4-5,7H2,1H3. The molecule has 0 aliphatic carbocycles. The molecule has 1 aromatic rings. The van der Waals surface area contributed by atoms with Crippen molar-refractivity contribution in [2.45, 2.75) is 13.1 Å². The summed E-state index contributed by atoms with van der Waals surface area (Å²) in [6.45, 7) is 0.526. The van der Waals surface area contributed by atoms with Gasteiger partial charge in [0.15, 0.2) is 0 Å². The Morgan fingerprint density at radius 2 is 2.00 bits per heavy atom.